The number of aromatic nitrogens is 3. The Bertz CT molecular complexity index is 816. The fourth-order valence-electron chi connectivity index (χ4n) is 1.99. The minimum absolute atomic E-state index is 0.0129. The van der Waals surface area contributed by atoms with E-state index < -0.39 is 4.92 Å². The molecule has 104 valence electrons. The number of hydrogen-bond acceptors (Lipinski definition) is 4. The molecule has 0 aliphatic rings. The zero-order valence-electron chi connectivity index (χ0n) is 10.7. The highest BCUT2D eigenvalue weighted by Crippen LogP contribution is 2.28. The van der Waals surface area contributed by atoms with Crippen LogP contribution in [0.5, 0.6) is 0 Å². The number of rotatable bonds is 3. The van der Waals surface area contributed by atoms with Crippen molar-refractivity contribution in [2.45, 2.75) is 0 Å². The summed E-state index contributed by atoms with van der Waals surface area (Å²) in [6.45, 7) is 0. The van der Waals surface area contributed by atoms with E-state index in [1.54, 1.807) is 24.4 Å². The molecule has 0 unspecified atom stereocenters. The molecule has 7 heteroatoms. The maximum Gasteiger partial charge on any atom is 0.294 e. The van der Waals surface area contributed by atoms with Gasteiger partial charge in [0.2, 0.25) is 0 Å². The number of halogens is 1. The molecular formula is C14H9BrN4O2. The van der Waals surface area contributed by atoms with E-state index in [2.05, 4.69) is 26.2 Å². The van der Waals surface area contributed by atoms with Crippen LogP contribution in [-0.4, -0.2) is 19.9 Å². The predicted octanol–water partition coefficient (Wildman–Crippen LogP) is 3.61. The molecule has 2 aromatic carbocycles. The molecule has 0 saturated carbocycles. The first kappa shape index (κ1) is 13.4. The van der Waals surface area contributed by atoms with Crippen molar-refractivity contribution in [3.63, 3.8) is 0 Å². The molecule has 0 radical (unpaired) electrons. The molecule has 0 N–H and O–H groups in total. The van der Waals surface area contributed by atoms with Crippen molar-refractivity contribution in [3.05, 3.63) is 69.3 Å². The Balaban J connectivity index is 2.08. The van der Waals surface area contributed by atoms with E-state index in [0.29, 0.717) is 11.4 Å². The smallest absolute Gasteiger partial charge is 0.258 e. The van der Waals surface area contributed by atoms with Crippen LogP contribution in [-0.2, 0) is 0 Å². The van der Waals surface area contributed by atoms with Gasteiger partial charge in [0.15, 0.2) is 0 Å². The van der Waals surface area contributed by atoms with E-state index in [9.17, 15) is 10.1 Å². The lowest BCUT2D eigenvalue weighted by Crippen LogP contribution is -2.00. The van der Waals surface area contributed by atoms with Gasteiger partial charge in [0.1, 0.15) is 11.4 Å². The summed E-state index contributed by atoms with van der Waals surface area (Å²) in [5.74, 6) is 0. The molecule has 0 spiro atoms. The van der Waals surface area contributed by atoms with E-state index in [0.717, 1.165) is 10.0 Å². The second-order valence-electron chi connectivity index (χ2n) is 4.27. The molecule has 1 aromatic heterocycles. The zero-order chi connectivity index (χ0) is 14.8. The summed E-state index contributed by atoms with van der Waals surface area (Å²) in [7, 11) is 0. The Kier molecular flexibility index (Phi) is 3.49. The maximum atomic E-state index is 11.1. The maximum absolute atomic E-state index is 11.1. The average Bonchev–Trinajstić information content (AvgIpc) is 2.97. The van der Waals surface area contributed by atoms with Gasteiger partial charge in [0.05, 0.1) is 11.1 Å². The molecule has 1 heterocycles. The number of benzene rings is 2. The largest absolute Gasteiger partial charge is 0.294 e. The monoisotopic (exact) mass is 344 g/mol. The second kappa shape index (κ2) is 5.45. The molecule has 6 nitrogen and oxygen atoms in total. The van der Waals surface area contributed by atoms with Crippen molar-refractivity contribution in [3.8, 4) is 16.9 Å². The van der Waals surface area contributed by atoms with Gasteiger partial charge in [-0.3, -0.25) is 10.1 Å². The first-order valence-corrected chi connectivity index (χ1v) is 6.87. The molecule has 21 heavy (non-hydrogen) atoms. The highest BCUT2D eigenvalue weighted by molar-refractivity contribution is 9.10. The van der Waals surface area contributed by atoms with Crippen LogP contribution in [0.25, 0.3) is 16.9 Å². The first-order valence-electron chi connectivity index (χ1n) is 6.08. The molecule has 0 fully saturated rings. The van der Waals surface area contributed by atoms with Crippen LogP contribution >= 0.6 is 15.9 Å². The highest BCUT2D eigenvalue weighted by Gasteiger charge is 2.16. The minimum atomic E-state index is -0.435. The Labute approximate surface area is 128 Å². The molecule has 0 atom stereocenters. The molecule has 0 aliphatic heterocycles. The minimum Gasteiger partial charge on any atom is -0.258 e. The lowest BCUT2D eigenvalue weighted by molar-refractivity contribution is -0.384. The summed E-state index contributed by atoms with van der Waals surface area (Å²) in [5.41, 5.74) is 1.89. The summed E-state index contributed by atoms with van der Waals surface area (Å²) in [6, 6.07) is 14.0. The quantitative estimate of drug-likeness (QED) is 0.537. The second-order valence-corrected chi connectivity index (χ2v) is 5.13. The number of nitro groups is 1. The number of nitro benzene ring substituents is 1. The van der Waals surface area contributed by atoms with Gasteiger partial charge in [0, 0.05) is 16.1 Å². The van der Waals surface area contributed by atoms with Crippen molar-refractivity contribution in [2.24, 2.45) is 0 Å². The fraction of sp³-hybridized carbons (Fsp3) is 0. The Morgan fingerprint density at radius 3 is 2.57 bits per heavy atom. The SMILES string of the molecule is O=[N+]([O-])c1ccccc1-n1cc(-c2ccccc2Br)nn1. The van der Waals surface area contributed by atoms with Crippen LogP contribution < -0.4 is 0 Å². The topological polar surface area (TPSA) is 73.8 Å². The highest BCUT2D eigenvalue weighted by atomic mass is 79.9. The van der Waals surface area contributed by atoms with Crippen LogP contribution in [0.2, 0.25) is 0 Å². The van der Waals surface area contributed by atoms with Crippen LogP contribution in [0.1, 0.15) is 0 Å². The summed E-state index contributed by atoms with van der Waals surface area (Å²) in [6.07, 6.45) is 1.67. The first-order chi connectivity index (χ1) is 10.2. The van der Waals surface area contributed by atoms with E-state index in [4.69, 9.17) is 0 Å². The van der Waals surface area contributed by atoms with Crippen molar-refractivity contribution in [1.29, 1.82) is 0 Å². The van der Waals surface area contributed by atoms with E-state index in [1.165, 1.54) is 10.7 Å². The van der Waals surface area contributed by atoms with Crippen molar-refractivity contribution < 1.29 is 4.92 Å². The molecule has 0 saturated heterocycles. The van der Waals surface area contributed by atoms with Crippen LogP contribution in [0.4, 0.5) is 5.69 Å². The van der Waals surface area contributed by atoms with Crippen LogP contribution in [0, 0.1) is 10.1 Å². The zero-order valence-corrected chi connectivity index (χ0v) is 12.3. The summed E-state index contributed by atoms with van der Waals surface area (Å²) < 4.78 is 2.30. The van der Waals surface area contributed by atoms with Gasteiger partial charge < -0.3 is 0 Å². The third kappa shape index (κ3) is 2.55. The van der Waals surface area contributed by atoms with Crippen LogP contribution in [0.15, 0.2) is 59.2 Å². The molecule has 3 rings (SSSR count). The third-order valence-corrected chi connectivity index (χ3v) is 3.66. The van der Waals surface area contributed by atoms with Crippen molar-refractivity contribution in [1.82, 2.24) is 15.0 Å². The molecule has 3 aromatic rings. The Morgan fingerprint density at radius 2 is 1.81 bits per heavy atom. The summed E-state index contributed by atoms with van der Waals surface area (Å²) in [5, 5.41) is 19.1. The normalized spacial score (nSPS) is 10.5. The van der Waals surface area contributed by atoms with E-state index in [1.807, 2.05) is 24.3 Å². The van der Waals surface area contributed by atoms with Gasteiger partial charge in [0.25, 0.3) is 5.69 Å². The van der Waals surface area contributed by atoms with Crippen LogP contribution in [0.3, 0.4) is 0 Å². The predicted molar refractivity (Wildman–Crippen MR) is 81.1 cm³/mol. The number of para-hydroxylation sites is 2. The molecule has 0 bridgehead atoms. The summed E-state index contributed by atoms with van der Waals surface area (Å²) >= 11 is 3.45. The molecule has 0 aliphatic carbocycles. The van der Waals surface area contributed by atoms with Gasteiger partial charge in [-0.25, -0.2) is 4.68 Å². The average molecular weight is 345 g/mol. The Hall–Kier alpha value is -2.54. The van der Waals surface area contributed by atoms with E-state index in [-0.39, 0.29) is 5.69 Å². The standard InChI is InChI=1S/C14H9BrN4O2/c15-11-6-2-1-5-10(11)12-9-18(17-16-12)13-7-3-4-8-14(13)19(20)21/h1-9H. The molecular weight excluding hydrogens is 336 g/mol. The number of hydrogen-bond donors (Lipinski definition) is 0. The number of nitrogens with zero attached hydrogens (tertiary/aromatic N) is 4. The van der Waals surface area contributed by atoms with Gasteiger partial charge in [-0.05, 0) is 12.1 Å². The summed E-state index contributed by atoms with van der Waals surface area (Å²) in [4.78, 5) is 10.6. The van der Waals surface area contributed by atoms with Crippen molar-refractivity contribution >= 4 is 21.6 Å². The van der Waals surface area contributed by atoms with Gasteiger partial charge in [-0.2, -0.15) is 0 Å². The lowest BCUT2D eigenvalue weighted by Gasteiger charge is -2.01. The van der Waals surface area contributed by atoms with E-state index >= 15 is 0 Å². The molecule has 0 amide bonds. The van der Waals surface area contributed by atoms with Gasteiger partial charge in [-0.15, -0.1) is 5.10 Å². The van der Waals surface area contributed by atoms with Gasteiger partial charge in [-0.1, -0.05) is 51.5 Å². The van der Waals surface area contributed by atoms with Gasteiger partial charge >= 0.3 is 0 Å². The fourth-order valence-corrected chi connectivity index (χ4v) is 2.47. The lowest BCUT2D eigenvalue weighted by atomic mass is 10.2. The third-order valence-electron chi connectivity index (χ3n) is 2.97. The van der Waals surface area contributed by atoms with Crippen molar-refractivity contribution in [2.75, 3.05) is 0 Å². The Morgan fingerprint density at radius 1 is 1.10 bits per heavy atom.